The van der Waals surface area contributed by atoms with Gasteiger partial charge < -0.3 is 10.2 Å². The highest BCUT2D eigenvalue weighted by atomic mass is 79.9. The maximum Gasteiger partial charge on any atom is 0.0513 e. The van der Waals surface area contributed by atoms with Crippen LogP contribution in [-0.2, 0) is 0 Å². The molecule has 1 saturated carbocycles. The van der Waals surface area contributed by atoms with E-state index in [0.717, 1.165) is 12.6 Å². The van der Waals surface area contributed by atoms with E-state index in [9.17, 15) is 0 Å². The van der Waals surface area contributed by atoms with Crippen LogP contribution in [0.3, 0.4) is 0 Å². The van der Waals surface area contributed by atoms with Gasteiger partial charge in [0.05, 0.1) is 5.69 Å². The molecular formula is C18H29BrN2. The minimum absolute atomic E-state index is 0.417. The first-order valence-corrected chi connectivity index (χ1v) is 9.26. The Hall–Kier alpha value is -0.540. The lowest BCUT2D eigenvalue weighted by Gasteiger charge is -2.26. The number of hydrogen-bond acceptors (Lipinski definition) is 2. The first kappa shape index (κ1) is 16.8. The van der Waals surface area contributed by atoms with E-state index in [1.165, 1.54) is 54.4 Å². The molecule has 0 radical (unpaired) electrons. The van der Waals surface area contributed by atoms with Gasteiger partial charge in [0.15, 0.2) is 0 Å². The maximum absolute atomic E-state index is 3.80. The Labute approximate surface area is 138 Å². The van der Waals surface area contributed by atoms with Crippen molar-refractivity contribution in [2.75, 3.05) is 18.0 Å². The smallest absolute Gasteiger partial charge is 0.0513 e. The van der Waals surface area contributed by atoms with Gasteiger partial charge in [0.25, 0.3) is 0 Å². The summed E-state index contributed by atoms with van der Waals surface area (Å²) < 4.78 is 1.24. The first-order chi connectivity index (χ1) is 10.2. The summed E-state index contributed by atoms with van der Waals surface area (Å²) in [7, 11) is 0. The van der Waals surface area contributed by atoms with Crippen LogP contribution in [0.15, 0.2) is 22.7 Å². The van der Waals surface area contributed by atoms with Crippen molar-refractivity contribution in [3.8, 4) is 0 Å². The zero-order valence-corrected chi connectivity index (χ0v) is 15.2. The van der Waals surface area contributed by atoms with Crippen molar-refractivity contribution in [1.82, 2.24) is 5.32 Å². The number of halogens is 1. The Morgan fingerprint density at radius 1 is 1.29 bits per heavy atom. The van der Waals surface area contributed by atoms with Gasteiger partial charge in [-0.2, -0.15) is 0 Å². The summed E-state index contributed by atoms with van der Waals surface area (Å²) in [6.45, 7) is 8.98. The standard InChI is InChI=1S/C18H29BrN2/c1-4-6-12-21(16-8-9-16)18-10-7-15(13-17(18)19)14(3)20-11-5-2/h7,10,13-14,16,20H,4-6,8-9,11-12H2,1-3H3. The van der Waals surface area contributed by atoms with Gasteiger partial charge in [0.2, 0.25) is 0 Å². The Bertz CT molecular complexity index is 443. The molecule has 1 aromatic rings. The third kappa shape index (κ3) is 4.72. The SMILES string of the molecule is CCCCN(c1ccc(C(C)NCCC)cc1Br)C1CC1. The Morgan fingerprint density at radius 2 is 2.05 bits per heavy atom. The zero-order valence-electron chi connectivity index (χ0n) is 13.7. The molecule has 3 heteroatoms. The highest BCUT2D eigenvalue weighted by Crippen LogP contribution is 2.37. The molecule has 1 unspecified atom stereocenters. The molecule has 1 aliphatic carbocycles. The second kappa shape index (κ2) is 8.19. The summed E-state index contributed by atoms with van der Waals surface area (Å²) >= 11 is 3.80. The average Bonchev–Trinajstić information content (AvgIpc) is 3.31. The van der Waals surface area contributed by atoms with Crippen molar-refractivity contribution < 1.29 is 0 Å². The van der Waals surface area contributed by atoms with Crippen LogP contribution < -0.4 is 10.2 Å². The highest BCUT2D eigenvalue weighted by Gasteiger charge is 2.29. The van der Waals surface area contributed by atoms with Gasteiger partial charge in [0.1, 0.15) is 0 Å². The molecule has 0 amide bonds. The second-order valence-electron chi connectivity index (χ2n) is 6.16. The molecule has 21 heavy (non-hydrogen) atoms. The molecule has 1 aliphatic rings. The van der Waals surface area contributed by atoms with Crippen LogP contribution in [0.1, 0.15) is 64.5 Å². The summed E-state index contributed by atoms with van der Waals surface area (Å²) in [4.78, 5) is 2.60. The lowest BCUT2D eigenvalue weighted by atomic mass is 10.1. The summed E-state index contributed by atoms with van der Waals surface area (Å²) in [5, 5.41) is 3.56. The van der Waals surface area contributed by atoms with E-state index in [1.807, 2.05) is 0 Å². The first-order valence-electron chi connectivity index (χ1n) is 8.46. The predicted molar refractivity (Wildman–Crippen MR) is 96.1 cm³/mol. The molecule has 0 saturated heterocycles. The largest absolute Gasteiger partial charge is 0.368 e. The highest BCUT2D eigenvalue weighted by molar-refractivity contribution is 9.10. The molecule has 118 valence electrons. The van der Waals surface area contributed by atoms with Gasteiger partial charge >= 0.3 is 0 Å². The van der Waals surface area contributed by atoms with Crippen molar-refractivity contribution in [1.29, 1.82) is 0 Å². The van der Waals surface area contributed by atoms with Crippen molar-refractivity contribution in [3.05, 3.63) is 28.2 Å². The third-order valence-electron chi connectivity index (χ3n) is 4.22. The van der Waals surface area contributed by atoms with Crippen molar-refractivity contribution in [3.63, 3.8) is 0 Å². The number of rotatable bonds is 9. The van der Waals surface area contributed by atoms with E-state index in [4.69, 9.17) is 0 Å². The van der Waals surface area contributed by atoms with Gasteiger partial charge in [-0.1, -0.05) is 26.3 Å². The van der Waals surface area contributed by atoms with E-state index in [2.05, 4.69) is 65.1 Å². The second-order valence-corrected chi connectivity index (χ2v) is 7.02. The van der Waals surface area contributed by atoms with Crippen LogP contribution in [0.5, 0.6) is 0 Å². The lowest BCUT2D eigenvalue weighted by molar-refractivity contribution is 0.570. The van der Waals surface area contributed by atoms with Gasteiger partial charge in [-0.05, 0) is 72.8 Å². The van der Waals surface area contributed by atoms with Crippen LogP contribution in [0.25, 0.3) is 0 Å². The number of unbranched alkanes of at least 4 members (excludes halogenated alkanes) is 1. The monoisotopic (exact) mass is 352 g/mol. The molecule has 0 aromatic heterocycles. The minimum Gasteiger partial charge on any atom is -0.368 e. The molecule has 1 N–H and O–H groups in total. The molecule has 0 aliphatic heterocycles. The van der Waals surface area contributed by atoms with E-state index in [0.29, 0.717) is 6.04 Å². The van der Waals surface area contributed by atoms with Gasteiger partial charge in [-0.25, -0.2) is 0 Å². The lowest BCUT2D eigenvalue weighted by Crippen LogP contribution is -2.27. The fourth-order valence-corrected chi connectivity index (χ4v) is 3.34. The maximum atomic E-state index is 3.80. The predicted octanol–water partition coefficient (Wildman–Crippen LogP) is 5.28. The summed E-state index contributed by atoms with van der Waals surface area (Å²) in [5.74, 6) is 0. The molecule has 1 fully saturated rings. The van der Waals surface area contributed by atoms with Crippen LogP contribution in [-0.4, -0.2) is 19.1 Å². The number of anilines is 1. The van der Waals surface area contributed by atoms with Crippen LogP contribution in [0, 0.1) is 0 Å². The van der Waals surface area contributed by atoms with Crippen molar-refractivity contribution in [2.24, 2.45) is 0 Å². The fraction of sp³-hybridized carbons (Fsp3) is 0.667. The fourth-order valence-electron chi connectivity index (χ4n) is 2.72. The van der Waals surface area contributed by atoms with Crippen LogP contribution in [0.2, 0.25) is 0 Å². The quantitative estimate of drug-likeness (QED) is 0.650. The van der Waals surface area contributed by atoms with Crippen molar-refractivity contribution >= 4 is 21.6 Å². The van der Waals surface area contributed by atoms with E-state index in [1.54, 1.807) is 0 Å². The molecule has 0 heterocycles. The molecular weight excluding hydrogens is 324 g/mol. The Kier molecular flexibility index (Phi) is 6.56. The van der Waals surface area contributed by atoms with Crippen LogP contribution in [0.4, 0.5) is 5.69 Å². The summed E-state index contributed by atoms with van der Waals surface area (Å²) in [6.07, 6.45) is 6.42. The molecule has 1 aromatic carbocycles. The summed E-state index contributed by atoms with van der Waals surface area (Å²) in [5.41, 5.74) is 2.74. The Balaban J connectivity index is 2.09. The van der Waals surface area contributed by atoms with Crippen LogP contribution >= 0.6 is 15.9 Å². The number of benzene rings is 1. The van der Waals surface area contributed by atoms with Gasteiger partial charge in [0, 0.05) is 23.1 Å². The molecule has 0 bridgehead atoms. The summed E-state index contributed by atoms with van der Waals surface area (Å²) in [6, 6.07) is 8.07. The van der Waals surface area contributed by atoms with Gasteiger partial charge in [-0.15, -0.1) is 0 Å². The van der Waals surface area contributed by atoms with E-state index >= 15 is 0 Å². The molecule has 2 nitrogen and oxygen atoms in total. The number of hydrogen-bond donors (Lipinski definition) is 1. The molecule has 1 atom stereocenters. The Morgan fingerprint density at radius 3 is 2.62 bits per heavy atom. The molecule has 0 spiro atoms. The van der Waals surface area contributed by atoms with Crippen molar-refractivity contribution in [2.45, 2.75) is 65.0 Å². The number of nitrogens with zero attached hydrogens (tertiary/aromatic N) is 1. The third-order valence-corrected chi connectivity index (χ3v) is 4.86. The topological polar surface area (TPSA) is 15.3 Å². The number of nitrogens with one attached hydrogen (secondary N) is 1. The van der Waals surface area contributed by atoms with E-state index < -0.39 is 0 Å². The normalized spacial score (nSPS) is 16.0. The molecule has 2 rings (SSSR count). The minimum atomic E-state index is 0.417. The van der Waals surface area contributed by atoms with Gasteiger partial charge in [-0.3, -0.25) is 0 Å². The zero-order chi connectivity index (χ0) is 15.2. The van der Waals surface area contributed by atoms with E-state index in [-0.39, 0.29) is 0 Å². The average molecular weight is 353 g/mol.